The van der Waals surface area contributed by atoms with Crippen LogP contribution in [0.25, 0.3) is 0 Å². The molecule has 1 saturated heterocycles. The van der Waals surface area contributed by atoms with E-state index in [-0.39, 0.29) is 17.9 Å². The van der Waals surface area contributed by atoms with Gasteiger partial charge in [0.25, 0.3) is 0 Å². The predicted octanol–water partition coefficient (Wildman–Crippen LogP) is 0.573. The SMILES string of the molecule is CCC(C)C(=O)NC1CCN(S(C)(=O)=O)CC1. The second-order valence-electron chi connectivity index (χ2n) is 4.75. The van der Waals surface area contributed by atoms with Crippen molar-refractivity contribution in [1.29, 1.82) is 0 Å². The van der Waals surface area contributed by atoms with E-state index in [0.29, 0.717) is 25.9 Å². The van der Waals surface area contributed by atoms with E-state index in [1.807, 2.05) is 13.8 Å². The minimum Gasteiger partial charge on any atom is -0.353 e. The number of rotatable bonds is 4. The lowest BCUT2D eigenvalue weighted by atomic mass is 10.0. The third kappa shape index (κ3) is 4.27. The monoisotopic (exact) mass is 262 g/mol. The summed E-state index contributed by atoms with van der Waals surface area (Å²) in [6.07, 6.45) is 3.46. The molecule has 1 fully saturated rings. The summed E-state index contributed by atoms with van der Waals surface area (Å²) in [7, 11) is -3.08. The van der Waals surface area contributed by atoms with Crippen LogP contribution in [0.4, 0.5) is 0 Å². The highest BCUT2D eigenvalue weighted by Crippen LogP contribution is 2.14. The molecule has 0 aliphatic carbocycles. The second-order valence-corrected chi connectivity index (χ2v) is 6.74. The number of sulfonamides is 1. The Balaban J connectivity index is 2.40. The summed E-state index contributed by atoms with van der Waals surface area (Å²) in [5.74, 6) is 0.105. The third-order valence-electron chi connectivity index (χ3n) is 3.33. The van der Waals surface area contributed by atoms with E-state index in [1.165, 1.54) is 10.6 Å². The number of hydrogen-bond acceptors (Lipinski definition) is 3. The summed E-state index contributed by atoms with van der Waals surface area (Å²) >= 11 is 0. The Kier molecular flexibility index (Phi) is 4.94. The van der Waals surface area contributed by atoms with Crippen LogP contribution in [0.15, 0.2) is 0 Å². The van der Waals surface area contributed by atoms with Crippen LogP contribution in [-0.4, -0.2) is 44.0 Å². The summed E-state index contributed by atoms with van der Waals surface area (Å²) < 4.78 is 24.1. The molecule has 1 amide bonds. The van der Waals surface area contributed by atoms with E-state index in [4.69, 9.17) is 0 Å². The first-order valence-electron chi connectivity index (χ1n) is 6.10. The maximum Gasteiger partial charge on any atom is 0.223 e. The molecule has 5 nitrogen and oxygen atoms in total. The van der Waals surface area contributed by atoms with Crippen molar-refractivity contribution in [2.75, 3.05) is 19.3 Å². The summed E-state index contributed by atoms with van der Waals surface area (Å²) in [6, 6.07) is 0.120. The van der Waals surface area contributed by atoms with Gasteiger partial charge in [-0.1, -0.05) is 13.8 Å². The van der Waals surface area contributed by atoms with Crippen LogP contribution >= 0.6 is 0 Å². The third-order valence-corrected chi connectivity index (χ3v) is 4.63. The molecule has 0 bridgehead atoms. The predicted molar refractivity (Wildman–Crippen MR) is 67.0 cm³/mol. The Labute approximate surface area is 104 Å². The molecule has 1 rings (SSSR count). The molecule has 100 valence electrons. The summed E-state index contributed by atoms with van der Waals surface area (Å²) in [5.41, 5.74) is 0. The number of hydrogen-bond donors (Lipinski definition) is 1. The van der Waals surface area contributed by atoms with E-state index >= 15 is 0 Å². The van der Waals surface area contributed by atoms with Crippen LogP contribution in [-0.2, 0) is 14.8 Å². The number of carbonyl (C=O) groups is 1. The van der Waals surface area contributed by atoms with Crippen LogP contribution in [0.2, 0.25) is 0 Å². The number of carbonyl (C=O) groups excluding carboxylic acids is 1. The molecule has 1 aliphatic rings. The lowest BCUT2D eigenvalue weighted by molar-refractivity contribution is -0.125. The van der Waals surface area contributed by atoms with Crippen molar-refractivity contribution in [1.82, 2.24) is 9.62 Å². The molecule has 0 aromatic carbocycles. The molecule has 0 radical (unpaired) electrons. The highest BCUT2D eigenvalue weighted by atomic mass is 32.2. The van der Waals surface area contributed by atoms with Crippen LogP contribution in [0.5, 0.6) is 0 Å². The van der Waals surface area contributed by atoms with Crippen LogP contribution in [0, 0.1) is 5.92 Å². The van der Waals surface area contributed by atoms with Crippen LogP contribution < -0.4 is 5.32 Å². The van der Waals surface area contributed by atoms with Crippen LogP contribution in [0.1, 0.15) is 33.1 Å². The zero-order valence-corrected chi connectivity index (χ0v) is 11.6. The van der Waals surface area contributed by atoms with Crippen molar-refractivity contribution in [3.05, 3.63) is 0 Å². The van der Waals surface area contributed by atoms with Gasteiger partial charge >= 0.3 is 0 Å². The number of nitrogens with one attached hydrogen (secondary N) is 1. The molecule has 6 heteroatoms. The van der Waals surface area contributed by atoms with Crippen molar-refractivity contribution in [3.8, 4) is 0 Å². The Hall–Kier alpha value is -0.620. The van der Waals surface area contributed by atoms with Gasteiger partial charge in [0.05, 0.1) is 6.26 Å². The number of piperidine rings is 1. The largest absolute Gasteiger partial charge is 0.353 e. The zero-order valence-electron chi connectivity index (χ0n) is 10.8. The fourth-order valence-corrected chi connectivity index (χ4v) is 2.73. The molecular formula is C11H22N2O3S. The average molecular weight is 262 g/mol. The van der Waals surface area contributed by atoms with Gasteiger partial charge in [-0.15, -0.1) is 0 Å². The maximum absolute atomic E-state index is 11.7. The maximum atomic E-state index is 11.7. The molecule has 1 unspecified atom stereocenters. The Morgan fingerprint density at radius 2 is 1.94 bits per heavy atom. The van der Waals surface area contributed by atoms with E-state index in [2.05, 4.69) is 5.32 Å². The normalized spacial score (nSPS) is 21.1. The van der Waals surface area contributed by atoms with E-state index in [1.54, 1.807) is 0 Å². The first-order valence-corrected chi connectivity index (χ1v) is 7.95. The van der Waals surface area contributed by atoms with Gasteiger partial charge < -0.3 is 5.32 Å². The van der Waals surface area contributed by atoms with Gasteiger partial charge in [-0.25, -0.2) is 12.7 Å². The highest BCUT2D eigenvalue weighted by molar-refractivity contribution is 7.88. The quantitative estimate of drug-likeness (QED) is 0.805. The summed E-state index contributed by atoms with van der Waals surface area (Å²) in [5, 5.41) is 2.98. The van der Waals surface area contributed by atoms with Gasteiger partial charge in [-0.2, -0.15) is 0 Å². The number of nitrogens with zero attached hydrogens (tertiary/aromatic N) is 1. The summed E-state index contributed by atoms with van der Waals surface area (Å²) in [6.45, 7) is 4.89. The fraction of sp³-hybridized carbons (Fsp3) is 0.909. The van der Waals surface area contributed by atoms with E-state index in [9.17, 15) is 13.2 Å². The molecule has 0 aromatic heterocycles. The minimum atomic E-state index is -3.08. The van der Waals surface area contributed by atoms with Crippen molar-refractivity contribution in [3.63, 3.8) is 0 Å². The van der Waals surface area contributed by atoms with Gasteiger partial charge in [0.15, 0.2) is 0 Å². The van der Waals surface area contributed by atoms with Gasteiger partial charge in [0.2, 0.25) is 15.9 Å². The van der Waals surface area contributed by atoms with Gasteiger partial charge in [0.1, 0.15) is 0 Å². The van der Waals surface area contributed by atoms with Crippen molar-refractivity contribution in [2.24, 2.45) is 5.92 Å². The molecule has 0 aromatic rings. The molecule has 1 aliphatic heterocycles. The molecule has 1 N–H and O–H groups in total. The second kappa shape index (κ2) is 5.82. The van der Waals surface area contributed by atoms with Gasteiger partial charge in [-0.05, 0) is 19.3 Å². The first kappa shape index (κ1) is 14.4. The van der Waals surface area contributed by atoms with Crippen LogP contribution in [0.3, 0.4) is 0 Å². The smallest absolute Gasteiger partial charge is 0.223 e. The number of amides is 1. The molecule has 17 heavy (non-hydrogen) atoms. The van der Waals surface area contributed by atoms with Gasteiger partial charge in [0, 0.05) is 25.0 Å². The minimum absolute atomic E-state index is 0.0305. The standard InChI is InChI=1S/C11H22N2O3S/c1-4-9(2)11(14)12-10-5-7-13(8-6-10)17(3,15)16/h9-10H,4-8H2,1-3H3,(H,12,14). The van der Waals surface area contributed by atoms with Crippen molar-refractivity contribution < 1.29 is 13.2 Å². The Bertz CT molecular complexity index is 359. The topological polar surface area (TPSA) is 66.5 Å². The molecule has 1 heterocycles. The molecule has 1 atom stereocenters. The first-order chi connectivity index (χ1) is 7.84. The lowest BCUT2D eigenvalue weighted by Gasteiger charge is -2.31. The Morgan fingerprint density at radius 1 is 1.41 bits per heavy atom. The molecule has 0 spiro atoms. The van der Waals surface area contributed by atoms with E-state index in [0.717, 1.165) is 6.42 Å². The zero-order chi connectivity index (χ0) is 13.1. The lowest BCUT2D eigenvalue weighted by Crippen LogP contribution is -2.47. The average Bonchev–Trinajstić information content (AvgIpc) is 2.27. The van der Waals surface area contributed by atoms with Gasteiger partial charge in [-0.3, -0.25) is 4.79 Å². The van der Waals surface area contributed by atoms with E-state index < -0.39 is 10.0 Å². The fourth-order valence-electron chi connectivity index (χ4n) is 1.86. The molecular weight excluding hydrogens is 240 g/mol. The van der Waals surface area contributed by atoms with Crippen molar-refractivity contribution in [2.45, 2.75) is 39.2 Å². The molecule has 0 saturated carbocycles. The summed E-state index contributed by atoms with van der Waals surface area (Å²) in [4.78, 5) is 11.7. The Morgan fingerprint density at radius 3 is 2.35 bits per heavy atom. The highest BCUT2D eigenvalue weighted by Gasteiger charge is 2.26. The van der Waals surface area contributed by atoms with Crippen molar-refractivity contribution >= 4 is 15.9 Å².